The fourth-order valence-electron chi connectivity index (χ4n) is 2.37. The molecule has 0 aliphatic rings. The summed E-state index contributed by atoms with van der Waals surface area (Å²) in [6, 6.07) is 10.5. The molecule has 2 aromatic carbocycles. The molecular weight excluding hydrogens is 359 g/mol. The van der Waals surface area contributed by atoms with Gasteiger partial charge in [-0.1, -0.05) is 23.7 Å². The molecule has 0 unspecified atom stereocenters. The number of nitrogens with one attached hydrogen (secondary N) is 1. The van der Waals surface area contributed by atoms with Gasteiger partial charge in [0.25, 0.3) is 0 Å². The zero-order valence-electron chi connectivity index (χ0n) is 14.4. The fraction of sp³-hybridized carbons (Fsp3) is 0.211. The topological polar surface area (TPSA) is 66.5 Å². The number of carbonyl (C=O) groups excluding carboxylic acids is 3. The minimum absolute atomic E-state index is 0.0267. The first-order valence-corrected chi connectivity index (χ1v) is 8.29. The van der Waals surface area contributed by atoms with E-state index in [1.165, 1.54) is 30.9 Å². The summed E-state index contributed by atoms with van der Waals surface area (Å²) in [5.41, 5.74) is 1.40. The van der Waals surface area contributed by atoms with Gasteiger partial charge in [-0.2, -0.15) is 0 Å². The Balaban J connectivity index is 2.05. The summed E-state index contributed by atoms with van der Waals surface area (Å²) < 4.78 is 13.1. The van der Waals surface area contributed by atoms with Gasteiger partial charge in [0.15, 0.2) is 5.78 Å². The van der Waals surface area contributed by atoms with Crippen LogP contribution in [0.2, 0.25) is 5.02 Å². The maximum Gasteiger partial charge on any atom is 0.226 e. The van der Waals surface area contributed by atoms with Crippen LogP contribution in [-0.2, 0) is 9.59 Å². The van der Waals surface area contributed by atoms with E-state index in [2.05, 4.69) is 5.32 Å². The van der Waals surface area contributed by atoms with Gasteiger partial charge in [0, 0.05) is 36.8 Å². The molecule has 7 heteroatoms. The summed E-state index contributed by atoms with van der Waals surface area (Å²) in [5, 5.41) is 2.51. The zero-order valence-corrected chi connectivity index (χ0v) is 15.1. The summed E-state index contributed by atoms with van der Waals surface area (Å²) in [5.74, 6) is -1.27. The number of Topliss-reactive ketones (excluding diaryl/α,β-unsaturated/α-hetero) is 1. The van der Waals surface area contributed by atoms with Crippen molar-refractivity contribution in [3.63, 3.8) is 0 Å². The van der Waals surface area contributed by atoms with Crippen LogP contribution in [-0.4, -0.2) is 24.1 Å². The third kappa shape index (κ3) is 5.13. The Bertz CT molecular complexity index is 854. The number of rotatable bonds is 6. The minimum Gasteiger partial charge on any atom is -0.326 e. The maximum absolute atomic E-state index is 13.1. The lowest BCUT2D eigenvalue weighted by Crippen LogP contribution is -2.32. The average Bonchev–Trinajstić information content (AvgIpc) is 2.58. The van der Waals surface area contributed by atoms with Crippen LogP contribution in [0.3, 0.4) is 0 Å². The molecule has 0 fully saturated rings. The van der Waals surface area contributed by atoms with Crippen molar-refractivity contribution in [1.29, 1.82) is 0 Å². The molecule has 2 rings (SSSR count). The van der Waals surface area contributed by atoms with E-state index < -0.39 is 5.82 Å². The highest BCUT2D eigenvalue weighted by Crippen LogP contribution is 2.20. The number of benzene rings is 2. The van der Waals surface area contributed by atoms with Crippen molar-refractivity contribution in [3.8, 4) is 0 Å². The Morgan fingerprint density at radius 3 is 2.46 bits per heavy atom. The molecule has 0 saturated heterocycles. The second kappa shape index (κ2) is 8.58. The van der Waals surface area contributed by atoms with Crippen molar-refractivity contribution in [3.05, 3.63) is 58.9 Å². The van der Waals surface area contributed by atoms with Crippen molar-refractivity contribution in [2.24, 2.45) is 0 Å². The van der Waals surface area contributed by atoms with E-state index in [1.807, 2.05) is 0 Å². The van der Waals surface area contributed by atoms with Crippen LogP contribution in [0.1, 0.15) is 30.6 Å². The summed E-state index contributed by atoms with van der Waals surface area (Å²) in [6.45, 7) is 2.97. The molecule has 5 nitrogen and oxygen atoms in total. The third-order valence-electron chi connectivity index (χ3n) is 3.71. The predicted octanol–water partition coefficient (Wildman–Crippen LogP) is 4.06. The quantitative estimate of drug-likeness (QED) is 0.773. The monoisotopic (exact) mass is 376 g/mol. The normalized spacial score (nSPS) is 10.3. The summed E-state index contributed by atoms with van der Waals surface area (Å²) in [4.78, 5) is 37.0. The molecule has 0 atom stereocenters. The predicted molar refractivity (Wildman–Crippen MR) is 99.1 cm³/mol. The van der Waals surface area contributed by atoms with Crippen LogP contribution in [0.4, 0.5) is 15.8 Å². The Kier molecular flexibility index (Phi) is 6.46. The third-order valence-corrected chi connectivity index (χ3v) is 4.00. The Morgan fingerprint density at radius 1 is 1.12 bits per heavy atom. The highest BCUT2D eigenvalue weighted by atomic mass is 35.5. The van der Waals surface area contributed by atoms with Crippen molar-refractivity contribution in [1.82, 2.24) is 0 Å². The van der Waals surface area contributed by atoms with Crippen LogP contribution in [0.15, 0.2) is 42.5 Å². The second-order valence-electron chi connectivity index (χ2n) is 5.70. The molecule has 0 aromatic heterocycles. The van der Waals surface area contributed by atoms with Crippen molar-refractivity contribution in [2.75, 3.05) is 16.8 Å². The molecule has 136 valence electrons. The van der Waals surface area contributed by atoms with Gasteiger partial charge < -0.3 is 10.2 Å². The van der Waals surface area contributed by atoms with E-state index in [4.69, 9.17) is 11.6 Å². The number of carbonyl (C=O) groups is 3. The van der Waals surface area contributed by atoms with E-state index in [1.54, 1.807) is 24.3 Å². The number of amides is 2. The average molecular weight is 377 g/mol. The van der Waals surface area contributed by atoms with Gasteiger partial charge in [0.1, 0.15) is 5.82 Å². The molecule has 2 aromatic rings. The molecule has 0 spiro atoms. The van der Waals surface area contributed by atoms with Crippen molar-refractivity contribution >= 4 is 40.6 Å². The van der Waals surface area contributed by atoms with Crippen molar-refractivity contribution < 1.29 is 18.8 Å². The largest absolute Gasteiger partial charge is 0.326 e. The van der Waals surface area contributed by atoms with Crippen LogP contribution in [0.25, 0.3) is 0 Å². The summed E-state index contributed by atoms with van der Waals surface area (Å²) in [7, 11) is 0. The molecular formula is C19H18ClFN2O3. The first-order valence-electron chi connectivity index (χ1n) is 7.92. The lowest BCUT2D eigenvalue weighted by Gasteiger charge is -2.21. The van der Waals surface area contributed by atoms with E-state index in [0.29, 0.717) is 16.9 Å². The van der Waals surface area contributed by atoms with E-state index in [-0.39, 0.29) is 35.6 Å². The van der Waals surface area contributed by atoms with Crippen LogP contribution in [0, 0.1) is 5.82 Å². The first kappa shape index (κ1) is 19.6. The molecule has 26 heavy (non-hydrogen) atoms. The van der Waals surface area contributed by atoms with E-state index >= 15 is 0 Å². The van der Waals surface area contributed by atoms with E-state index in [0.717, 1.165) is 6.07 Å². The molecule has 0 bridgehead atoms. The smallest absolute Gasteiger partial charge is 0.226 e. The minimum atomic E-state index is -0.572. The van der Waals surface area contributed by atoms with Gasteiger partial charge in [0.05, 0.1) is 5.02 Å². The standard InChI is InChI=1S/C19H18ClFN2O3/c1-12(24)14-4-3-5-16(10-14)23(13(2)25)9-8-19(26)22-15-6-7-18(21)17(20)11-15/h3-7,10-11H,8-9H2,1-2H3,(H,22,26). The van der Waals surface area contributed by atoms with Gasteiger partial charge in [-0.3, -0.25) is 14.4 Å². The molecule has 1 N–H and O–H groups in total. The van der Waals surface area contributed by atoms with Gasteiger partial charge in [-0.05, 0) is 37.3 Å². The van der Waals surface area contributed by atoms with Gasteiger partial charge in [-0.25, -0.2) is 4.39 Å². The van der Waals surface area contributed by atoms with Crippen LogP contribution in [0.5, 0.6) is 0 Å². The van der Waals surface area contributed by atoms with Crippen molar-refractivity contribution in [2.45, 2.75) is 20.3 Å². The number of ketones is 1. The highest BCUT2D eigenvalue weighted by molar-refractivity contribution is 6.31. The molecule has 0 heterocycles. The van der Waals surface area contributed by atoms with Gasteiger partial charge in [0.2, 0.25) is 11.8 Å². The highest BCUT2D eigenvalue weighted by Gasteiger charge is 2.15. The SMILES string of the molecule is CC(=O)c1cccc(N(CCC(=O)Nc2ccc(F)c(Cl)c2)C(C)=O)c1. The molecule has 0 radical (unpaired) electrons. The Morgan fingerprint density at radius 2 is 1.85 bits per heavy atom. The van der Waals surface area contributed by atoms with Gasteiger partial charge in [-0.15, -0.1) is 0 Å². The first-order chi connectivity index (χ1) is 12.3. The number of anilines is 2. The second-order valence-corrected chi connectivity index (χ2v) is 6.11. The Hall–Kier alpha value is -2.73. The fourth-order valence-corrected chi connectivity index (χ4v) is 2.55. The molecule has 0 aliphatic carbocycles. The van der Waals surface area contributed by atoms with E-state index in [9.17, 15) is 18.8 Å². The zero-order chi connectivity index (χ0) is 19.3. The van der Waals surface area contributed by atoms with Gasteiger partial charge >= 0.3 is 0 Å². The number of nitrogens with zero attached hydrogens (tertiary/aromatic N) is 1. The molecule has 0 aliphatic heterocycles. The summed E-state index contributed by atoms with van der Waals surface area (Å²) >= 11 is 5.68. The lowest BCUT2D eigenvalue weighted by atomic mass is 10.1. The summed E-state index contributed by atoms with van der Waals surface area (Å²) in [6.07, 6.45) is 0.0267. The van der Waals surface area contributed by atoms with Crippen LogP contribution < -0.4 is 10.2 Å². The maximum atomic E-state index is 13.1. The molecule has 0 saturated carbocycles. The Labute approximate surface area is 155 Å². The number of halogens is 2. The lowest BCUT2D eigenvalue weighted by molar-refractivity contribution is -0.117. The van der Waals surface area contributed by atoms with Crippen LogP contribution >= 0.6 is 11.6 Å². The number of hydrogen-bond acceptors (Lipinski definition) is 3. The number of hydrogen-bond donors (Lipinski definition) is 1. The molecule has 2 amide bonds.